The van der Waals surface area contributed by atoms with Crippen LogP contribution in [0.2, 0.25) is 0 Å². The summed E-state index contributed by atoms with van der Waals surface area (Å²) in [4.78, 5) is 16.9. The van der Waals surface area contributed by atoms with Crippen LogP contribution >= 0.6 is 11.3 Å². The second-order valence-corrected chi connectivity index (χ2v) is 10.3. The van der Waals surface area contributed by atoms with Crippen molar-refractivity contribution in [3.63, 3.8) is 0 Å². The zero-order valence-electron chi connectivity index (χ0n) is 16.7. The van der Waals surface area contributed by atoms with Crippen LogP contribution in [0.25, 0.3) is 11.4 Å². The predicted molar refractivity (Wildman–Crippen MR) is 114 cm³/mol. The van der Waals surface area contributed by atoms with E-state index in [2.05, 4.69) is 15.5 Å². The molecule has 8 nitrogen and oxygen atoms in total. The van der Waals surface area contributed by atoms with Crippen molar-refractivity contribution < 1.29 is 22.1 Å². The van der Waals surface area contributed by atoms with Crippen molar-refractivity contribution in [1.29, 1.82) is 0 Å². The molecule has 0 saturated carbocycles. The highest BCUT2D eigenvalue weighted by Gasteiger charge is 2.34. The van der Waals surface area contributed by atoms with E-state index < -0.39 is 27.7 Å². The van der Waals surface area contributed by atoms with Crippen LogP contribution in [-0.4, -0.2) is 41.9 Å². The van der Waals surface area contributed by atoms with Gasteiger partial charge >= 0.3 is 0 Å². The number of hydrogen-bond donors (Lipinski definition) is 1. The van der Waals surface area contributed by atoms with Gasteiger partial charge in [0, 0.05) is 30.5 Å². The summed E-state index contributed by atoms with van der Waals surface area (Å²) in [7, 11) is -3.78. The number of thiophene rings is 1. The first-order valence-electron chi connectivity index (χ1n) is 9.85. The van der Waals surface area contributed by atoms with Crippen molar-refractivity contribution in [1.82, 2.24) is 14.4 Å². The Balaban J connectivity index is 1.48. The van der Waals surface area contributed by atoms with Gasteiger partial charge in [-0.1, -0.05) is 24.2 Å². The van der Waals surface area contributed by atoms with Crippen molar-refractivity contribution in [2.45, 2.75) is 30.4 Å². The number of halogens is 1. The fraction of sp³-hybridized carbons (Fsp3) is 0.350. The molecule has 0 radical (unpaired) electrons. The summed E-state index contributed by atoms with van der Waals surface area (Å²) in [5.74, 6) is -0.668. The van der Waals surface area contributed by atoms with Gasteiger partial charge in [-0.05, 0) is 31.0 Å². The monoisotopic (exact) mass is 464 g/mol. The van der Waals surface area contributed by atoms with Gasteiger partial charge in [0.05, 0.1) is 11.6 Å². The average molecular weight is 465 g/mol. The summed E-state index contributed by atoms with van der Waals surface area (Å²) < 4.78 is 46.7. The van der Waals surface area contributed by atoms with E-state index in [9.17, 15) is 17.6 Å². The number of benzene rings is 1. The van der Waals surface area contributed by atoms with E-state index >= 15 is 0 Å². The number of nitrogens with one attached hydrogen (secondary N) is 1. The van der Waals surface area contributed by atoms with E-state index in [4.69, 9.17) is 4.52 Å². The largest absolute Gasteiger partial charge is 0.339 e. The van der Waals surface area contributed by atoms with Crippen LogP contribution in [0.4, 0.5) is 10.1 Å². The maximum Gasteiger partial charge on any atom is 0.252 e. The number of para-hydroxylation sites is 1. The highest BCUT2D eigenvalue weighted by atomic mass is 32.2. The number of carbonyl (C=O) groups excluding carboxylic acids is 1. The second-order valence-electron chi connectivity index (χ2n) is 7.19. The Morgan fingerprint density at radius 3 is 2.94 bits per heavy atom. The fourth-order valence-corrected chi connectivity index (χ4v) is 6.22. The lowest BCUT2D eigenvalue weighted by molar-refractivity contribution is -0.120. The molecule has 4 rings (SSSR count). The maximum absolute atomic E-state index is 13.8. The van der Waals surface area contributed by atoms with E-state index in [-0.39, 0.29) is 16.4 Å². The summed E-state index contributed by atoms with van der Waals surface area (Å²) in [6.07, 6.45) is 1.66. The van der Waals surface area contributed by atoms with Crippen LogP contribution in [-0.2, 0) is 21.2 Å². The molecule has 1 aliphatic heterocycles. The number of rotatable bonds is 6. The van der Waals surface area contributed by atoms with E-state index in [1.165, 1.54) is 28.6 Å². The molecule has 1 atom stereocenters. The summed E-state index contributed by atoms with van der Waals surface area (Å²) in [5, 5.41) is 8.11. The quantitative estimate of drug-likeness (QED) is 0.598. The molecule has 31 heavy (non-hydrogen) atoms. The van der Waals surface area contributed by atoms with E-state index in [1.807, 2.05) is 6.92 Å². The van der Waals surface area contributed by atoms with Crippen LogP contribution in [0.5, 0.6) is 0 Å². The van der Waals surface area contributed by atoms with Crippen LogP contribution in [0.15, 0.2) is 44.4 Å². The molecular weight excluding hydrogens is 443 g/mol. The number of carbonyl (C=O) groups is 1. The number of aryl methyl sites for hydroxylation is 1. The molecule has 2 aromatic heterocycles. The smallest absolute Gasteiger partial charge is 0.252 e. The molecule has 0 bridgehead atoms. The summed E-state index contributed by atoms with van der Waals surface area (Å²) in [6, 6.07) is 7.41. The third-order valence-corrected chi connectivity index (χ3v) is 8.37. The minimum Gasteiger partial charge on any atom is -0.339 e. The van der Waals surface area contributed by atoms with Gasteiger partial charge in [0.25, 0.3) is 10.0 Å². The maximum atomic E-state index is 13.8. The molecule has 3 aromatic rings. The Kier molecular flexibility index (Phi) is 6.17. The van der Waals surface area contributed by atoms with E-state index in [1.54, 1.807) is 11.4 Å². The topological polar surface area (TPSA) is 105 Å². The normalized spacial score (nSPS) is 17.5. The average Bonchev–Trinajstić information content (AvgIpc) is 3.45. The number of anilines is 1. The fourth-order valence-electron chi connectivity index (χ4n) is 3.38. The predicted octanol–water partition coefficient (Wildman–Crippen LogP) is 3.54. The Morgan fingerprint density at radius 1 is 1.39 bits per heavy atom. The Labute approximate surface area is 183 Å². The lowest BCUT2D eigenvalue weighted by atomic mass is 9.98. The zero-order chi connectivity index (χ0) is 22.0. The van der Waals surface area contributed by atoms with Gasteiger partial charge in [-0.3, -0.25) is 4.79 Å². The van der Waals surface area contributed by atoms with Gasteiger partial charge in [-0.15, -0.1) is 11.3 Å². The number of hydrogen-bond acceptors (Lipinski definition) is 7. The molecule has 1 N–H and O–H groups in total. The van der Waals surface area contributed by atoms with Crippen molar-refractivity contribution in [2.75, 3.05) is 18.4 Å². The molecule has 0 aliphatic carbocycles. The summed E-state index contributed by atoms with van der Waals surface area (Å²) in [6.45, 7) is 2.25. The third kappa shape index (κ3) is 4.53. The molecule has 0 spiro atoms. The lowest BCUT2D eigenvalue weighted by Gasteiger charge is -2.30. The Bertz CT molecular complexity index is 1190. The SMILES string of the molecule is CCc1nc(-c2csc(S(=O)(=O)N3CCC[C@H](C(=O)Nc4ccccc4F)C3)c2)no1. The van der Waals surface area contributed by atoms with Crippen LogP contribution in [0.3, 0.4) is 0 Å². The first-order chi connectivity index (χ1) is 14.9. The molecule has 1 aliphatic rings. The van der Waals surface area contributed by atoms with E-state index in [0.717, 1.165) is 11.3 Å². The van der Waals surface area contributed by atoms with Crippen molar-refractivity contribution in [3.05, 3.63) is 47.4 Å². The Hall–Kier alpha value is -2.63. The first kappa shape index (κ1) is 21.6. The number of amides is 1. The lowest BCUT2D eigenvalue weighted by Crippen LogP contribution is -2.43. The zero-order valence-corrected chi connectivity index (χ0v) is 18.4. The molecule has 1 saturated heterocycles. The highest BCUT2D eigenvalue weighted by molar-refractivity contribution is 7.91. The molecule has 1 amide bonds. The second kappa shape index (κ2) is 8.85. The molecule has 3 heterocycles. The standard InChI is InChI=1S/C20H21FN4O4S2/c1-2-17-23-19(24-29-17)14-10-18(30-12-14)31(27,28)25-9-5-6-13(11-25)20(26)22-16-8-4-3-7-15(16)21/h3-4,7-8,10,12-13H,2,5-6,9,11H2,1H3,(H,22,26)/t13-/m0/s1. The molecule has 1 aromatic carbocycles. The molecular formula is C20H21FN4O4S2. The van der Waals surface area contributed by atoms with Gasteiger partial charge in [0.2, 0.25) is 17.6 Å². The van der Waals surface area contributed by atoms with Crippen LogP contribution < -0.4 is 5.32 Å². The first-order valence-corrected chi connectivity index (χ1v) is 12.2. The van der Waals surface area contributed by atoms with Crippen molar-refractivity contribution in [3.8, 4) is 11.4 Å². The number of nitrogens with zero attached hydrogens (tertiary/aromatic N) is 3. The Morgan fingerprint density at radius 2 is 2.19 bits per heavy atom. The van der Waals surface area contributed by atoms with Gasteiger partial charge in [0.1, 0.15) is 10.0 Å². The van der Waals surface area contributed by atoms with Gasteiger partial charge in [-0.2, -0.15) is 9.29 Å². The molecule has 11 heteroatoms. The van der Waals surface area contributed by atoms with Crippen LogP contribution in [0.1, 0.15) is 25.7 Å². The molecule has 164 valence electrons. The highest BCUT2D eigenvalue weighted by Crippen LogP contribution is 2.31. The minimum atomic E-state index is -3.78. The summed E-state index contributed by atoms with van der Waals surface area (Å²) in [5.41, 5.74) is 0.653. The van der Waals surface area contributed by atoms with Crippen molar-refractivity contribution in [2.24, 2.45) is 5.92 Å². The molecule has 0 unspecified atom stereocenters. The minimum absolute atomic E-state index is 0.0397. The van der Waals surface area contributed by atoms with Gasteiger partial charge in [-0.25, -0.2) is 12.8 Å². The van der Waals surface area contributed by atoms with Crippen LogP contribution in [0, 0.1) is 11.7 Å². The van der Waals surface area contributed by atoms with Gasteiger partial charge < -0.3 is 9.84 Å². The van der Waals surface area contributed by atoms with E-state index in [0.29, 0.717) is 43.1 Å². The summed E-state index contributed by atoms with van der Waals surface area (Å²) >= 11 is 1.07. The number of piperidine rings is 1. The number of aromatic nitrogens is 2. The van der Waals surface area contributed by atoms with Gasteiger partial charge in [0.15, 0.2) is 0 Å². The third-order valence-electron chi connectivity index (χ3n) is 5.08. The molecule has 1 fully saturated rings. The van der Waals surface area contributed by atoms with Crippen molar-refractivity contribution >= 4 is 33.0 Å². The number of sulfonamides is 1.